The van der Waals surface area contributed by atoms with Crippen molar-refractivity contribution in [1.29, 1.82) is 0 Å². The second kappa shape index (κ2) is 5.62. The molecule has 13 heavy (non-hydrogen) atoms. The first-order valence-corrected chi connectivity index (χ1v) is 5.09. The van der Waals surface area contributed by atoms with Crippen LogP contribution < -0.4 is 5.32 Å². The molecule has 0 aliphatic rings. The van der Waals surface area contributed by atoms with E-state index in [0.29, 0.717) is 6.04 Å². The molecular formula is C10H19N3. The highest BCUT2D eigenvalue weighted by molar-refractivity contribution is 5.23. The van der Waals surface area contributed by atoms with E-state index in [1.165, 1.54) is 25.7 Å². The van der Waals surface area contributed by atoms with Crippen LogP contribution in [0.1, 0.15) is 39.5 Å². The normalized spacial score (nSPS) is 12.8. The average Bonchev–Trinajstić information content (AvgIpc) is 2.57. The molecule has 1 unspecified atom stereocenters. The van der Waals surface area contributed by atoms with Crippen molar-refractivity contribution in [3.63, 3.8) is 0 Å². The lowest BCUT2D eigenvalue weighted by atomic mass is 10.1. The summed E-state index contributed by atoms with van der Waals surface area (Å²) >= 11 is 0. The highest BCUT2D eigenvalue weighted by atomic mass is 15.1. The fraction of sp³-hybridized carbons (Fsp3) is 0.700. The SMILES string of the molecule is CCCCCC(C)Nc1ncc[nH]1. The molecule has 1 rings (SSSR count). The summed E-state index contributed by atoms with van der Waals surface area (Å²) in [5.41, 5.74) is 0. The first-order valence-electron chi connectivity index (χ1n) is 5.09. The largest absolute Gasteiger partial charge is 0.353 e. The van der Waals surface area contributed by atoms with Crippen molar-refractivity contribution in [1.82, 2.24) is 9.97 Å². The van der Waals surface area contributed by atoms with E-state index in [1.54, 1.807) is 6.20 Å². The molecule has 1 aromatic heterocycles. The summed E-state index contributed by atoms with van der Waals surface area (Å²) in [4.78, 5) is 7.15. The standard InChI is InChI=1S/C10H19N3/c1-3-4-5-6-9(2)13-10-11-7-8-12-10/h7-9H,3-6H2,1-2H3,(H2,11,12,13). The number of imidazole rings is 1. The third-order valence-corrected chi connectivity index (χ3v) is 2.12. The molecule has 0 spiro atoms. The molecule has 3 nitrogen and oxygen atoms in total. The van der Waals surface area contributed by atoms with E-state index in [2.05, 4.69) is 29.1 Å². The van der Waals surface area contributed by atoms with E-state index in [1.807, 2.05) is 6.20 Å². The third kappa shape index (κ3) is 3.97. The van der Waals surface area contributed by atoms with Gasteiger partial charge in [0.25, 0.3) is 0 Å². The number of unbranched alkanes of at least 4 members (excludes halogenated alkanes) is 2. The number of rotatable bonds is 6. The average molecular weight is 181 g/mol. The number of hydrogen-bond donors (Lipinski definition) is 2. The zero-order chi connectivity index (χ0) is 9.52. The zero-order valence-corrected chi connectivity index (χ0v) is 8.51. The predicted molar refractivity (Wildman–Crippen MR) is 55.8 cm³/mol. The van der Waals surface area contributed by atoms with Gasteiger partial charge in [-0.25, -0.2) is 4.98 Å². The zero-order valence-electron chi connectivity index (χ0n) is 8.51. The molecule has 3 heteroatoms. The van der Waals surface area contributed by atoms with Crippen LogP contribution in [0.3, 0.4) is 0 Å². The molecule has 0 fully saturated rings. The molecule has 2 N–H and O–H groups in total. The van der Waals surface area contributed by atoms with Crippen LogP contribution in [0.5, 0.6) is 0 Å². The van der Waals surface area contributed by atoms with E-state index >= 15 is 0 Å². The topological polar surface area (TPSA) is 40.7 Å². The molecule has 0 radical (unpaired) electrons. The Morgan fingerprint density at radius 3 is 3.00 bits per heavy atom. The molecule has 0 saturated heterocycles. The van der Waals surface area contributed by atoms with E-state index in [-0.39, 0.29) is 0 Å². The molecule has 0 bridgehead atoms. The van der Waals surface area contributed by atoms with Gasteiger partial charge in [-0.1, -0.05) is 26.2 Å². The molecule has 74 valence electrons. The number of anilines is 1. The van der Waals surface area contributed by atoms with Crippen molar-refractivity contribution in [2.45, 2.75) is 45.6 Å². The van der Waals surface area contributed by atoms with Crippen LogP contribution in [0, 0.1) is 0 Å². The summed E-state index contributed by atoms with van der Waals surface area (Å²) in [6.45, 7) is 4.42. The van der Waals surface area contributed by atoms with Gasteiger partial charge >= 0.3 is 0 Å². The Kier molecular flexibility index (Phi) is 4.36. The van der Waals surface area contributed by atoms with Crippen LogP contribution in [0.25, 0.3) is 0 Å². The third-order valence-electron chi connectivity index (χ3n) is 2.12. The number of nitrogens with zero attached hydrogens (tertiary/aromatic N) is 1. The van der Waals surface area contributed by atoms with Crippen molar-refractivity contribution in [2.75, 3.05) is 5.32 Å². The van der Waals surface area contributed by atoms with Crippen LogP contribution in [-0.4, -0.2) is 16.0 Å². The molecule has 1 atom stereocenters. The minimum Gasteiger partial charge on any atom is -0.353 e. The summed E-state index contributed by atoms with van der Waals surface area (Å²) in [6, 6.07) is 0.512. The quantitative estimate of drug-likeness (QED) is 0.662. The monoisotopic (exact) mass is 181 g/mol. The van der Waals surface area contributed by atoms with E-state index < -0.39 is 0 Å². The molecule has 0 aliphatic carbocycles. The fourth-order valence-electron chi connectivity index (χ4n) is 1.35. The van der Waals surface area contributed by atoms with Crippen LogP contribution >= 0.6 is 0 Å². The minimum atomic E-state index is 0.512. The van der Waals surface area contributed by atoms with E-state index in [4.69, 9.17) is 0 Å². The van der Waals surface area contributed by atoms with Gasteiger partial charge in [0, 0.05) is 18.4 Å². The highest BCUT2D eigenvalue weighted by Crippen LogP contribution is 2.07. The minimum absolute atomic E-state index is 0.512. The van der Waals surface area contributed by atoms with Gasteiger partial charge in [-0.2, -0.15) is 0 Å². The number of nitrogens with one attached hydrogen (secondary N) is 2. The second-order valence-corrected chi connectivity index (χ2v) is 3.48. The lowest BCUT2D eigenvalue weighted by molar-refractivity contribution is 0.612. The van der Waals surface area contributed by atoms with Gasteiger partial charge in [-0.15, -0.1) is 0 Å². The van der Waals surface area contributed by atoms with Crippen molar-refractivity contribution in [2.24, 2.45) is 0 Å². The maximum absolute atomic E-state index is 4.12. The smallest absolute Gasteiger partial charge is 0.200 e. The molecule has 0 aliphatic heterocycles. The van der Waals surface area contributed by atoms with Crippen molar-refractivity contribution < 1.29 is 0 Å². The Bertz CT molecular complexity index is 206. The fourth-order valence-corrected chi connectivity index (χ4v) is 1.35. The Morgan fingerprint density at radius 1 is 1.54 bits per heavy atom. The summed E-state index contributed by atoms with van der Waals surface area (Å²) in [7, 11) is 0. The molecular weight excluding hydrogens is 162 g/mol. The van der Waals surface area contributed by atoms with Crippen molar-refractivity contribution >= 4 is 5.95 Å². The lowest BCUT2D eigenvalue weighted by Gasteiger charge is -2.11. The second-order valence-electron chi connectivity index (χ2n) is 3.48. The van der Waals surface area contributed by atoms with Crippen LogP contribution in [-0.2, 0) is 0 Å². The summed E-state index contributed by atoms with van der Waals surface area (Å²) in [5, 5.41) is 3.31. The van der Waals surface area contributed by atoms with Gasteiger partial charge in [0.1, 0.15) is 0 Å². The molecule has 0 aromatic carbocycles. The molecule has 0 saturated carbocycles. The van der Waals surface area contributed by atoms with Gasteiger partial charge in [0.2, 0.25) is 0 Å². The Balaban J connectivity index is 2.14. The number of aromatic amines is 1. The van der Waals surface area contributed by atoms with Gasteiger partial charge in [-0.3, -0.25) is 0 Å². The van der Waals surface area contributed by atoms with Gasteiger partial charge in [0.05, 0.1) is 0 Å². The van der Waals surface area contributed by atoms with Crippen LogP contribution in [0.2, 0.25) is 0 Å². The maximum Gasteiger partial charge on any atom is 0.200 e. The number of H-pyrrole nitrogens is 1. The Labute approximate surface area is 80.0 Å². The molecule has 1 aromatic rings. The number of hydrogen-bond acceptors (Lipinski definition) is 2. The maximum atomic E-state index is 4.12. The molecule has 0 amide bonds. The summed E-state index contributed by atoms with van der Waals surface area (Å²) < 4.78 is 0. The predicted octanol–water partition coefficient (Wildman–Crippen LogP) is 2.79. The number of aromatic nitrogens is 2. The Morgan fingerprint density at radius 2 is 2.38 bits per heavy atom. The van der Waals surface area contributed by atoms with Crippen molar-refractivity contribution in [3.05, 3.63) is 12.4 Å². The van der Waals surface area contributed by atoms with Crippen LogP contribution in [0.4, 0.5) is 5.95 Å². The molecule has 1 heterocycles. The van der Waals surface area contributed by atoms with Gasteiger partial charge < -0.3 is 10.3 Å². The summed E-state index contributed by atoms with van der Waals surface area (Å²) in [5.74, 6) is 0.879. The highest BCUT2D eigenvalue weighted by Gasteiger charge is 2.01. The summed E-state index contributed by atoms with van der Waals surface area (Å²) in [6.07, 6.45) is 8.72. The first kappa shape index (κ1) is 10.1. The van der Waals surface area contributed by atoms with Crippen LogP contribution in [0.15, 0.2) is 12.4 Å². The van der Waals surface area contributed by atoms with Crippen molar-refractivity contribution in [3.8, 4) is 0 Å². The lowest BCUT2D eigenvalue weighted by Crippen LogP contribution is -2.15. The van der Waals surface area contributed by atoms with E-state index in [9.17, 15) is 0 Å². The van der Waals surface area contributed by atoms with Gasteiger partial charge in [0.15, 0.2) is 5.95 Å². The van der Waals surface area contributed by atoms with Gasteiger partial charge in [-0.05, 0) is 13.3 Å². The first-order chi connectivity index (χ1) is 6.33. The van der Waals surface area contributed by atoms with E-state index in [0.717, 1.165) is 5.95 Å². The Hall–Kier alpha value is -0.990.